The molecule has 0 aromatic carbocycles. The van der Waals surface area contributed by atoms with Crippen LogP contribution in [0, 0.1) is 0 Å². The first-order valence-electron chi connectivity index (χ1n) is 13.4. The van der Waals surface area contributed by atoms with Crippen LogP contribution in [0.4, 0.5) is 0 Å². The third kappa shape index (κ3) is 14.4. The highest BCUT2D eigenvalue weighted by Gasteiger charge is 2.31. The predicted molar refractivity (Wildman–Crippen MR) is 135 cm³/mol. The maximum absolute atomic E-state index is 13.4. The molecule has 3 unspecified atom stereocenters. The summed E-state index contributed by atoms with van der Waals surface area (Å²) in [5, 5.41) is 27.9. The standard InChI is InChI=1S/C27H52O7/c1-6-12-22(15-9-18-28)32-26(31)25(21(4)5)27(33-23(13-7-2)16-10-19-29)34-24(14-8-3)17-11-20-30/h22-24,27-30H,6-20H2,1-5H3. The van der Waals surface area contributed by atoms with Gasteiger partial charge in [0.25, 0.3) is 0 Å². The van der Waals surface area contributed by atoms with Gasteiger partial charge in [0.15, 0.2) is 6.29 Å². The van der Waals surface area contributed by atoms with Crippen molar-refractivity contribution in [1.29, 1.82) is 0 Å². The van der Waals surface area contributed by atoms with Gasteiger partial charge in [0, 0.05) is 19.8 Å². The van der Waals surface area contributed by atoms with Crippen molar-refractivity contribution in [3.8, 4) is 0 Å². The maximum atomic E-state index is 13.4. The minimum Gasteiger partial charge on any atom is -0.459 e. The van der Waals surface area contributed by atoms with Gasteiger partial charge in [0.2, 0.25) is 0 Å². The number of hydrogen-bond acceptors (Lipinski definition) is 7. The summed E-state index contributed by atoms with van der Waals surface area (Å²) < 4.78 is 18.7. The zero-order valence-electron chi connectivity index (χ0n) is 22.4. The molecule has 0 fully saturated rings. The molecule has 0 heterocycles. The fraction of sp³-hybridized carbons (Fsp3) is 0.889. The Morgan fingerprint density at radius 2 is 1.03 bits per heavy atom. The first kappa shape index (κ1) is 33.0. The van der Waals surface area contributed by atoms with E-state index in [2.05, 4.69) is 13.8 Å². The SMILES string of the molecule is CCCC(CCCO)OC(=O)C(=C(C)C)C(OC(CCC)CCCO)OC(CCC)CCCO. The Hall–Kier alpha value is -0.990. The quantitative estimate of drug-likeness (QED) is 0.111. The second-order valence-electron chi connectivity index (χ2n) is 9.25. The van der Waals surface area contributed by atoms with Crippen LogP contribution in [0.1, 0.15) is 112 Å². The molecule has 0 saturated heterocycles. The van der Waals surface area contributed by atoms with E-state index in [1.54, 1.807) is 0 Å². The minimum atomic E-state index is -0.872. The number of allylic oxidation sites excluding steroid dienone is 1. The van der Waals surface area contributed by atoms with Crippen LogP contribution in [0.5, 0.6) is 0 Å². The molecule has 0 aliphatic heterocycles. The summed E-state index contributed by atoms with van der Waals surface area (Å²) >= 11 is 0. The van der Waals surface area contributed by atoms with E-state index in [1.807, 2.05) is 20.8 Å². The largest absolute Gasteiger partial charge is 0.459 e. The fourth-order valence-electron chi connectivity index (χ4n) is 4.01. The van der Waals surface area contributed by atoms with Crippen LogP contribution in [-0.4, -0.2) is 65.7 Å². The third-order valence-electron chi connectivity index (χ3n) is 5.78. The van der Waals surface area contributed by atoms with Crippen molar-refractivity contribution in [1.82, 2.24) is 0 Å². The van der Waals surface area contributed by atoms with E-state index in [9.17, 15) is 20.1 Å². The number of carbonyl (C=O) groups is 1. The Balaban J connectivity index is 5.91. The smallest absolute Gasteiger partial charge is 0.339 e. The Labute approximate surface area is 207 Å². The van der Waals surface area contributed by atoms with E-state index < -0.39 is 12.3 Å². The van der Waals surface area contributed by atoms with E-state index in [-0.39, 0.29) is 38.1 Å². The summed E-state index contributed by atoms with van der Waals surface area (Å²) in [7, 11) is 0. The van der Waals surface area contributed by atoms with Crippen LogP contribution in [0.25, 0.3) is 0 Å². The topological polar surface area (TPSA) is 105 Å². The van der Waals surface area contributed by atoms with Gasteiger partial charge >= 0.3 is 5.97 Å². The Kier molecular flexibility index (Phi) is 20.7. The lowest BCUT2D eigenvalue weighted by atomic mass is 10.1. The van der Waals surface area contributed by atoms with Crippen molar-refractivity contribution in [3.63, 3.8) is 0 Å². The lowest BCUT2D eigenvalue weighted by molar-refractivity contribution is -0.188. The zero-order chi connectivity index (χ0) is 25.8. The van der Waals surface area contributed by atoms with E-state index in [0.29, 0.717) is 44.1 Å². The Morgan fingerprint density at radius 3 is 1.38 bits per heavy atom. The van der Waals surface area contributed by atoms with Gasteiger partial charge in [-0.25, -0.2) is 4.79 Å². The maximum Gasteiger partial charge on any atom is 0.339 e. The molecular formula is C27H52O7. The van der Waals surface area contributed by atoms with Crippen LogP contribution < -0.4 is 0 Å². The zero-order valence-corrected chi connectivity index (χ0v) is 22.4. The van der Waals surface area contributed by atoms with Gasteiger partial charge in [-0.1, -0.05) is 45.6 Å². The van der Waals surface area contributed by atoms with Gasteiger partial charge in [0.05, 0.1) is 17.8 Å². The number of hydrogen-bond donors (Lipinski definition) is 3. The van der Waals surface area contributed by atoms with Crippen LogP contribution in [0.2, 0.25) is 0 Å². The van der Waals surface area contributed by atoms with Gasteiger partial charge < -0.3 is 29.5 Å². The molecule has 3 N–H and O–H groups in total. The van der Waals surface area contributed by atoms with E-state index >= 15 is 0 Å². The first-order valence-corrected chi connectivity index (χ1v) is 13.4. The molecule has 0 radical (unpaired) electrons. The fourth-order valence-corrected chi connectivity index (χ4v) is 4.01. The third-order valence-corrected chi connectivity index (χ3v) is 5.78. The number of carbonyl (C=O) groups excluding carboxylic acids is 1. The molecule has 202 valence electrons. The molecule has 7 nitrogen and oxygen atoms in total. The Morgan fingerprint density at radius 1 is 0.647 bits per heavy atom. The van der Waals surface area contributed by atoms with Gasteiger partial charge in [-0.05, 0) is 71.6 Å². The van der Waals surface area contributed by atoms with Crippen LogP contribution in [0.15, 0.2) is 11.1 Å². The molecule has 0 amide bonds. The van der Waals surface area contributed by atoms with E-state index in [0.717, 1.165) is 44.1 Å². The average Bonchev–Trinajstić information content (AvgIpc) is 2.79. The molecule has 0 aromatic rings. The normalized spacial score (nSPS) is 14.9. The highest BCUT2D eigenvalue weighted by atomic mass is 16.7. The number of esters is 1. The highest BCUT2D eigenvalue weighted by Crippen LogP contribution is 2.26. The highest BCUT2D eigenvalue weighted by molar-refractivity contribution is 5.90. The monoisotopic (exact) mass is 488 g/mol. The van der Waals surface area contributed by atoms with Crippen LogP contribution in [-0.2, 0) is 19.0 Å². The number of aliphatic hydroxyl groups is 3. The second-order valence-corrected chi connectivity index (χ2v) is 9.25. The molecule has 0 aliphatic rings. The van der Waals surface area contributed by atoms with Crippen molar-refractivity contribution >= 4 is 5.97 Å². The molecule has 34 heavy (non-hydrogen) atoms. The van der Waals surface area contributed by atoms with Crippen molar-refractivity contribution in [2.24, 2.45) is 0 Å². The summed E-state index contributed by atoms with van der Waals surface area (Å²) in [5.41, 5.74) is 1.17. The predicted octanol–water partition coefficient (Wildman–Crippen LogP) is 5.05. The van der Waals surface area contributed by atoms with Crippen molar-refractivity contribution in [3.05, 3.63) is 11.1 Å². The van der Waals surface area contributed by atoms with Crippen molar-refractivity contribution in [2.75, 3.05) is 19.8 Å². The molecule has 0 rings (SSSR count). The lowest BCUT2D eigenvalue weighted by Gasteiger charge is -2.31. The van der Waals surface area contributed by atoms with Gasteiger partial charge in [0.1, 0.15) is 6.10 Å². The van der Waals surface area contributed by atoms with Gasteiger partial charge in [-0.15, -0.1) is 0 Å². The summed E-state index contributed by atoms with van der Waals surface area (Å²) in [6.45, 7) is 10.2. The van der Waals surface area contributed by atoms with Crippen molar-refractivity contribution in [2.45, 2.75) is 136 Å². The van der Waals surface area contributed by atoms with Crippen LogP contribution in [0.3, 0.4) is 0 Å². The average molecular weight is 489 g/mol. The number of rotatable bonds is 22. The summed E-state index contributed by atoms with van der Waals surface area (Å²) in [6.07, 6.45) is 7.41. The van der Waals surface area contributed by atoms with Gasteiger partial charge in [-0.2, -0.15) is 0 Å². The second kappa shape index (κ2) is 21.3. The van der Waals surface area contributed by atoms with Crippen molar-refractivity contribution < 1.29 is 34.3 Å². The number of aliphatic hydroxyl groups excluding tert-OH is 3. The molecular weight excluding hydrogens is 436 g/mol. The van der Waals surface area contributed by atoms with Crippen LogP contribution >= 0.6 is 0 Å². The molecule has 0 aromatic heterocycles. The molecule has 0 bridgehead atoms. The molecule has 0 spiro atoms. The number of ether oxygens (including phenoxy) is 3. The first-order chi connectivity index (χ1) is 16.4. The lowest BCUT2D eigenvalue weighted by Crippen LogP contribution is -2.36. The molecule has 0 aliphatic carbocycles. The Bertz CT molecular complexity index is 511. The van der Waals surface area contributed by atoms with E-state index in [1.165, 1.54) is 0 Å². The summed E-state index contributed by atoms with van der Waals surface area (Å²) in [4.78, 5) is 13.4. The van der Waals surface area contributed by atoms with Gasteiger partial charge in [-0.3, -0.25) is 0 Å². The minimum absolute atomic E-state index is 0.0647. The summed E-state index contributed by atoms with van der Waals surface area (Å²) in [6, 6.07) is 0. The van der Waals surface area contributed by atoms with E-state index in [4.69, 9.17) is 14.2 Å². The molecule has 3 atom stereocenters. The molecule has 0 saturated carbocycles. The summed E-state index contributed by atoms with van der Waals surface area (Å²) in [5.74, 6) is -0.434. The molecule has 7 heteroatoms.